The number of Topliss-reactive ketones (excluding diaryl/α,β-unsaturated/α-hetero) is 1. The summed E-state index contributed by atoms with van der Waals surface area (Å²) in [6.07, 6.45) is 2.57. The van der Waals surface area contributed by atoms with Gasteiger partial charge < -0.3 is 4.74 Å². The van der Waals surface area contributed by atoms with Crippen LogP contribution in [0.15, 0.2) is 24.3 Å². The molecule has 2 rings (SSSR count). The molecule has 1 aliphatic rings. The number of ketones is 1. The molecule has 0 aliphatic heterocycles. The van der Waals surface area contributed by atoms with Gasteiger partial charge in [0.05, 0.1) is 6.10 Å². The predicted molar refractivity (Wildman–Crippen MR) is 68.4 cm³/mol. The molecule has 17 heavy (non-hydrogen) atoms. The molecule has 1 fully saturated rings. The van der Waals surface area contributed by atoms with Crippen molar-refractivity contribution < 1.29 is 9.53 Å². The van der Waals surface area contributed by atoms with Crippen molar-refractivity contribution >= 4 is 5.78 Å². The van der Waals surface area contributed by atoms with Gasteiger partial charge in [-0.3, -0.25) is 4.79 Å². The average molecular weight is 232 g/mol. The van der Waals surface area contributed by atoms with Crippen LogP contribution in [-0.4, -0.2) is 11.9 Å². The average Bonchev–Trinajstić information content (AvgIpc) is 2.60. The van der Waals surface area contributed by atoms with Crippen LogP contribution in [-0.2, 0) is 10.2 Å². The van der Waals surface area contributed by atoms with E-state index in [9.17, 15) is 4.79 Å². The van der Waals surface area contributed by atoms with Crippen molar-refractivity contribution in [3.05, 3.63) is 29.8 Å². The van der Waals surface area contributed by atoms with E-state index >= 15 is 0 Å². The molecular formula is C15H20O2. The molecule has 0 N–H and O–H groups in total. The summed E-state index contributed by atoms with van der Waals surface area (Å²) in [4.78, 5) is 11.4. The lowest BCUT2D eigenvalue weighted by Crippen LogP contribution is -2.17. The number of carbonyl (C=O) groups excluding carboxylic acids is 1. The van der Waals surface area contributed by atoms with E-state index in [1.165, 1.54) is 5.56 Å². The third-order valence-electron chi connectivity index (χ3n) is 3.47. The van der Waals surface area contributed by atoms with E-state index in [1.807, 2.05) is 26.0 Å². The number of carbonyl (C=O) groups is 1. The minimum atomic E-state index is 0.0352. The minimum Gasteiger partial charge on any atom is -0.491 e. The highest BCUT2D eigenvalue weighted by Gasteiger charge is 2.35. The van der Waals surface area contributed by atoms with Gasteiger partial charge in [-0.05, 0) is 43.4 Å². The van der Waals surface area contributed by atoms with Crippen molar-refractivity contribution in [2.24, 2.45) is 0 Å². The summed E-state index contributed by atoms with van der Waals surface area (Å²) in [6.45, 7) is 6.21. The van der Waals surface area contributed by atoms with Crippen molar-refractivity contribution in [2.75, 3.05) is 0 Å². The van der Waals surface area contributed by atoms with Crippen LogP contribution in [0.2, 0.25) is 0 Å². The fourth-order valence-electron chi connectivity index (χ4n) is 2.48. The fourth-order valence-corrected chi connectivity index (χ4v) is 2.48. The topological polar surface area (TPSA) is 26.3 Å². The van der Waals surface area contributed by atoms with E-state index in [0.717, 1.165) is 18.6 Å². The first-order valence-corrected chi connectivity index (χ1v) is 6.28. The third kappa shape index (κ3) is 2.68. The van der Waals surface area contributed by atoms with Crippen molar-refractivity contribution in [1.29, 1.82) is 0 Å². The first-order chi connectivity index (χ1) is 7.99. The van der Waals surface area contributed by atoms with Gasteiger partial charge in [0.25, 0.3) is 0 Å². The van der Waals surface area contributed by atoms with Crippen molar-refractivity contribution in [3.63, 3.8) is 0 Å². The van der Waals surface area contributed by atoms with Gasteiger partial charge in [0.1, 0.15) is 11.5 Å². The Labute approximate surface area is 103 Å². The van der Waals surface area contributed by atoms with Crippen LogP contribution in [0.3, 0.4) is 0 Å². The molecule has 1 saturated carbocycles. The predicted octanol–water partition coefficient (Wildman–Crippen LogP) is 3.48. The second-order valence-electron chi connectivity index (χ2n) is 5.47. The largest absolute Gasteiger partial charge is 0.491 e. The molecule has 0 heterocycles. The molecule has 0 radical (unpaired) electrons. The Morgan fingerprint density at radius 3 is 2.35 bits per heavy atom. The zero-order chi connectivity index (χ0) is 12.5. The first kappa shape index (κ1) is 12.2. The molecular weight excluding hydrogens is 212 g/mol. The van der Waals surface area contributed by atoms with Crippen LogP contribution in [0.1, 0.15) is 45.6 Å². The maximum Gasteiger partial charge on any atom is 0.133 e. The van der Waals surface area contributed by atoms with Crippen LogP contribution < -0.4 is 4.74 Å². The van der Waals surface area contributed by atoms with Gasteiger partial charge in [0.15, 0.2) is 0 Å². The molecule has 0 amide bonds. The van der Waals surface area contributed by atoms with Gasteiger partial charge in [-0.1, -0.05) is 19.1 Å². The van der Waals surface area contributed by atoms with E-state index in [0.29, 0.717) is 12.2 Å². The molecule has 0 bridgehead atoms. The lowest BCUT2D eigenvalue weighted by Gasteiger charge is -2.23. The van der Waals surface area contributed by atoms with Crippen LogP contribution in [0, 0.1) is 0 Å². The normalized spacial score (nSPS) is 24.4. The van der Waals surface area contributed by atoms with E-state index in [2.05, 4.69) is 19.1 Å². The summed E-state index contributed by atoms with van der Waals surface area (Å²) < 4.78 is 5.62. The zero-order valence-electron chi connectivity index (χ0n) is 10.8. The van der Waals surface area contributed by atoms with E-state index < -0.39 is 0 Å². The second-order valence-corrected chi connectivity index (χ2v) is 5.47. The summed E-state index contributed by atoms with van der Waals surface area (Å²) >= 11 is 0. The van der Waals surface area contributed by atoms with E-state index in [1.54, 1.807) is 0 Å². The lowest BCUT2D eigenvalue weighted by molar-refractivity contribution is -0.117. The second kappa shape index (κ2) is 4.52. The monoisotopic (exact) mass is 232 g/mol. The minimum absolute atomic E-state index is 0.0352. The molecule has 1 unspecified atom stereocenters. The van der Waals surface area contributed by atoms with Crippen LogP contribution in [0.4, 0.5) is 0 Å². The highest BCUT2D eigenvalue weighted by Crippen LogP contribution is 2.39. The molecule has 1 aromatic carbocycles. The van der Waals surface area contributed by atoms with Gasteiger partial charge in [0, 0.05) is 12.8 Å². The number of benzene rings is 1. The van der Waals surface area contributed by atoms with Crippen LogP contribution in [0.25, 0.3) is 0 Å². The molecule has 2 nitrogen and oxygen atoms in total. The van der Waals surface area contributed by atoms with Crippen molar-refractivity contribution in [3.8, 4) is 5.75 Å². The van der Waals surface area contributed by atoms with Gasteiger partial charge >= 0.3 is 0 Å². The molecule has 0 saturated heterocycles. The van der Waals surface area contributed by atoms with Gasteiger partial charge in [0.2, 0.25) is 0 Å². The van der Waals surface area contributed by atoms with Gasteiger partial charge in [-0.2, -0.15) is 0 Å². The molecule has 92 valence electrons. The Morgan fingerprint density at radius 2 is 1.88 bits per heavy atom. The number of rotatable bonds is 3. The number of hydrogen-bond acceptors (Lipinski definition) is 2. The Kier molecular flexibility index (Phi) is 3.23. The van der Waals surface area contributed by atoms with Crippen molar-refractivity contribution in [1.82, 2.24) is 0 Å². The number of ether oxygens (including phenoxy) is 1. The Hall–Kier alpha value is -1.31. The Bertz CT molecular complexity index is 405. The zero-order valence-corrected chi connectivity index (χ0v) is 10.8. The number of hydrogen-bond donors (Lipinski definition) is 0. The first-order valence-electron chi connectivity index (χ1n) is 6.28. The fraction of sp³-hybridized carbons (Fsp3) is 0.533. The van der Waals surface area contributed by atoms with E-state index in [4.69, 9.17) is 4.74 Å². The summed E-state index contributed by atoms with van der Waals surface area (Å²) in [5.41, 5.74) is 1.28. The van der Waals surface area contributed by atoms with Gasteiger partial charge in [-0.25, -0.2) is 0 Å². The summed E-state index contributed by atoms with van der Waals surface area (Å²) in [5.74, 6) is 1.28. The Morgan fingerprint density at radius 1 is 1.24 bits per heavy atom. The van der Waals surface area contributed by atoms with Crippen LogP contribution in [0.5, 0.6) is 5.75 Å². The van der Waals surface area contributed by atoms with Crippen LogP contribution >= 0.6 is 0 Å². The smallest absolute Gasteiger partial charge is 0.133 e. The van der Waals surface area contributed by atoms with E-state index in [-0.39, 0.29) is 11.5 Å². The lowest BCUT2D eigenvalue weighted by atomic mass is 9.81. The molecule has 0 spiro atoms. The quantitative estimate of drug-likeness (QED) is 0.797. The maximum absolute atomic E-state index is 11.4. The molecule has 1 aliphatic carbocycles. The van der Waals surface area contributed by atoms with Crippen molar-refractivity contribution in [2.45, 2.75) is 51.6 Å². The molecule has 2 heteroatoms. The maximum atomic E-state index is 11.4. The molecule has 0 aromatic heterocycles. The summed E-state index contributed by atoms with van der Waals surface area (Å²) in [6, 6.07) is 8.19. The highest BCUT2D eigenvalue weighted by atomic mass is 16.5. The molecule has 1 atom stereocenters. The van der Waals surface area contributed by atoms with Gasteiger partial charge in [-0.15, -0.1) is 0 Å². The highest BCUT2D eigenvalue weighted by molar-refractivity contribution is 5.82. The third-order valence-corrected chi connectivity index (χ3v) is 3.47. The SMILES string of the molecule is CC(C)Oc1ccc(C2(C)CCC(=O)C2)cc1. The Balaban J connectivity index is 2.15. The standard InChI is InChI=1S/C15H20O2/c1-11(2)17-14-6-4-12(5-7-14)15(3)9-8-13(16)10-15/h4-7,11H,8-10H2,1-3H3. The summed E-state index contributed by atoms with van der Waals surface area (Å²) in [5, 5.41) is 0. The molecule has 1 aromatic rings. The summed E-state index contributed by atoms with van der Waals surface area (Å²) in [7, 11) is 0.